The van der Waals surface area contributed by atoms with Gasteiger partial charge in [-0.15, -0.1) is 0 Å². The molecule has 0 aromatic carbocycles. The summed E-state index contributed by atoms with van der Waals surface area (Å²) in [4.78, 5) is 0. The Bertz CT molecular complexity index is 142. The molecule has 4 heteroatoms. The van der Waals surface area contributed by atoms with Crippen molar-refractivity contribution < 1.29 is 0 Å². The van der Waals surface area contributed by atoms with Gasteiger partial charge in [-0.3, -0.25) is 0 Å². The first-order valence-electron chi connectivity index (χ1n) is 4.74. The van der Waals surface area contributed by atoms with Gasteiger partial charge in [0.05, 0.1) is 0 Å². The minimum atomic E-state index is -0.390. The van der Waals surface area contributed by atoms with Crippen LogP contribution in [0.15, 0.2) is 0 Å². The maximum absolute atomic E-state index is 2.43. The predicted octanol–water partition coefficient (Wildman–Crippen LogP) is 1.67. The third kappa shape index (κ3) is 3.20. The second-order valence-electron chi connectivity index (χ2n) is 4.58. The molecule has 78 valence electrons. The van der Waals surface area contributed by atoms with Crippen molar-refractivity contribution in [1.82, 2.24) is 9.13 Å². The normalized spacial score (nSPS) is 13.8. The Labute approximate surface area is 87.3 Å². The Hall–Kier alpha value is 0.354. The van der Waals surface area contributed by atoms with Crippen LogP contribution in [-0.4, -0.2) is 55.2 Å². The average molecular weight is 216 g/mol. The van der Waals surface area contributed by atoms with E-state index in [0.717, 1.165) is 0 Å². The summed E-state index contributed by atoms with van der Waals surface area (Å²) in [6.45, 7) is 9.69. The molecule has 2 radical (unpaired) electrons. The molecule has 0 saturated heterocycles. The van der Waals surface area contributed by atoms with Crippen LogP contribution >= 0.6 is 0 Å². The molecule has 0 aliphatic carbocycles. The predicted molar refractivity (Wildman–Crippen MR) is 64.7 cm³/mol. The van der Waals surface area contributed by atoms with Gasteiger partial charge in [0.2, 0.25) is 0 Å². The van der Waals surface area contributed by atoms with Gasteiger partial charge in [-0.2, -0.15) is 0 Å². The van der Waals surface area contributed by atoms with Crippen LogP contribution in [0.25, 0.3) is 0 Å². The lowest BCUT2D eigenvalue weighted by Crippen LogP contribution is -2.51. The zero-order valence-corrected chi connectivity index (χ0v) is 12.4. The van der Waals surface area contributed by atoms with Gasteiger partial charge in [0.25, 0.3) is 0 Å². The smallest absolute Gasteiger partial charge is 0.137 e. The van der Waals surface area contributed by atoms with Crippen molar-refractivity contribution in [3.63, 3.8) is 0 Å². The molecule has 0 N–H and O–H groups in total. The summed E-state index contributed by atoms with van der Waals surface area (Å²) in [5.74, 6) is 0. The maximum Gasteiger partial charge on any atom is 0.137 e. The van der Waals surface area contributed by atoms with Crippen LogP contribution in [-0.2, 0) is 0 Å². The molecule has 0 aliphatic rings. The fraction of sp³-hybridized carbons (Fsp3) is 1.00. The van der Waals surface area contributed by atoms with Crippen LogP contribution in [0.1, 0.15) is 13.8 Å². The molecule has 13 heavy (non-hydrogen) atoms. The van der Waals surface area contributed by atoms with Crippen LogP contribution in [0.2, 0.25) is 17.8 Å². The molecule has 0 aromatic heterocycles. The Morgan fingerprint density at radius 2 is 1.00 bits per heavy atom. The van der Waals surface area contributed by atoms with E-state index < -0.39 is 0 Å². The van der Waals surface area contributed by atoms with Crippen LogP contribution < -0.4 is 0 Å². The van der Waals surface area contributed by atoms with Gasteiger partial charge >= 0.3 is 0 Å². The largest absolute Gasteiger partial charge is 0.330 e. The van der Waals surface area contributed by atoms with Gasteiger partial charge < -0.3 is 9.13 Å². The number of hydrogen-bond acceptors (Lipinski definition) is 2. The Morgan fingerprint density at radius 3 is 1.15 bits per heavy atom. The minimum absolute atomic E-state index is 0.390. The second-order valence-corrected chi connectivity index (χ2v) is 11.7. The van der Waals surface area contributed by atoms with E-state index in [1.54, 1.807) is 0 Å². The van der Waals surface area contributed by atoms with E-state index in [9.17, 15) is 0 Å². The molecule has 0 saturated carbocycles. The zero-order valence-electron chi connectivity index (χ0n) is 10.4. The van der Waals surface area contributed by atoms with Crippen molar-refractivity contribution in [3.8, 4) is 0 Å². The first kappa shape index (κ1) is 13.4. The number of rotatable bonds is 4. The summed E-state index contributed by atoms with van der Waals surface area (Å²) >= 11 is 0. The highest BCUT2D eigenvalue weighted by atomic mass is 28.3. The zero-order chi connectivity index (χ0) is 10.8. The van der Waals surface area contributed by atoms with Gasteiger partial charge in [-0.1, -0.05) is 26.9 Å². The minimum Gasteiger partial charge on any atom is -0.330 e. The summed E-state index contributed by atoms with van der Waals surface area (Å²) < 4.78 is 5.35. The van der Waals surface area contributed by atoms with Crippen molar-refractivity contribution in [3.05, 3.63) is 0 Å². The molecule has 2 nitrogen and oxygen atoms in total. The second kappa shape index (κ2) is 4.73. The van der Waals surface area contributed by atoms with Gasteiger partial charge in [-0.05, 0) is 32.9 Å². The van der Waals surface area contributed by atoms with E-state index in [0.29, 0.717) is 4.66 Å². The van der Waals surface area contributed by atoms with E-state index in [-0.39, 0.29) is 17.9 Å². The summed E-state index contributed by atoms with van der Waals surface area (Å²) in [7, 11) is 8.06. The van der Waals surface area contributed by atoms with E-state index in [1.807, 2.05) is 0 Å². The van der Waals surface area contributed by atoms with Gasteiger partial charge in [-0.25, -0.2) is 0 Å². The summed E-state index contributed by atoms with van der Waals surface area (Å²) in [5.41, 5.74) is 0. The quantitative estimate of drug-likeness (QED) is 0.660. The molecule has 0 atom stereocenters. The van der Waals surface area contributed by atoms with Crippen LogP contribution in [0.5, 0.6) is 0 Å². The Kier molecular flexibility index (Phi) is 4.86. The van der Waals surface area contributed by atoms with Crippen molar-refractivity contribution in [2.75, 3.05) is 28.2 Å². The number of hydrogen-bond donors (Lipinski definition) is 0. The summed E-state index contributed by atoms with van der Waals surface area (Å²) in [5, 5.41) is 0. The van der Waals surface area contributed by atoms with Crippen molar-refractivity contribution >= 4 is 17.9 Å². The van der Waals surface area contributed by atoms with Gasteiger partial charge in [0, 0.05) is 0 Å². The van der Waals surface area contributed by atoms with Crippen LogP contribution in [0, 0.1) is 0 Å². The average Bonchev–Trinajstić information content (AvgIpc) is 2.01. The molecule has 0 fully saturated rings. The standard InChI is InChI=1S/C9H24N2Si2/c1-9(2,12(7)10(3)4)13(8)11(5)6/h1-8H3. The highest BCUT2D eigenvalue weighted by Crippen LogP contribution is 2.33. The molecule has 0 aliphatic heterocycles. The van der Waals surface area contributed by atoms with E-state index >= 15 is 0 Å². The molecular formula is C9H24N2Si2. The van der Waals surface area contributed by atoms with Crippen LogP contribution in [0.3, 0.4) is 0 Å². The molecule has 0 bridgehead atoms. The third-order valence-corrected chi connectivity index (χ3v) is 11.6. The van der Waals surface area contributed by atoms with Crippen molar-refractivity contribution in [2.24, 2.45) is 0 Å². The lowest BCUT2D eigenvalue weighted by atomic mass is 10.5. The number of nitrogens with zero attached hydrogens (tertiary/aromatic N) is 2. The SMILES string of the molecule is CN(C)[Si](C)C(C)(C)[Si](C)N(C)C. The topological polar surface area (TPSA) is 6.48 Å². The van der Waals surface area contributed by atoms with Gasteiger partial charge in [0.1, 0.15) is 17.9 Å². The van der Waals surface area contributed by atoms with E-state index in [4.69, 9.17) is 0 Å². The first-order valence-corrected chi connectivity index (χ1v) is 8.63. The molecular weight excluding hydrogens is 192 g/mol. The fourth-order valence-corrected chi connectivity index (χ4v) is 7.05. The van der Waals surface area contributed by atoms with E-state index in [2.05, 4.69) is 64.3 Å². The molecule has 0 aromatic rings. The summed E-state index contributed by atoms with van der Waals surface area (Å²) in [6.07, 6.45) is 0. The van der Waals surface area contributed by atoms with Crippen LogP contribution in [0.4, 0.5) is 0 Å². The lowest BCUT2D eigenvalue weighted by Gasteiger charge is -2.40. The Balaban J connectivity index is 4.54. The molecule has 0 amide bonds. The first-order chi connectivity index (χ1) is 5.71. The Morgan fingerprint density at radius 1 is 0.769 bits per heavy atom. The highest BCUT2D eigenvalue weighted by molar-refractivity contribution is 6.78. The third-order valence-electron chi connectivity index (χ3n) is 3.15. The lowest BCUT2D eigenvalue weighted by molar-refractivity contribution is 0.574. The summed E-state index contributed by atoms with van der Waals surface area (Å²) in [6, 6.07) is 0. The van der Waals surface area contributed by atoms with Gasteiger partial charge in [0.15, 0.2) is 0 Å². The van der Waals surface area contributed by atoms with E-state index in [1.165, 1.54) is 0 Å². The monoisotopic (exact) mass is 216 g/mol. The molecule has 0 heterocycles. The molecule has 0 unspecified atom stereocenters. The highest BCUT2D eigenvalue weighted by Gasteiger charge is 2.37. The maximum atomic E-state index is 2.43. The van der Waals surface area contributed by atoms with Crippen molar-refractivity contribution in [1.29, 1.82) is 0 Å². The molecule has 0 rings (SSSR count). The molecule has 0 spiro atoms. The fourth-order valence-electron chi connectivity index (χ4n) is 1.38. The van der Waals surface area contributed by atoms with Crippen molar-refractivity contribution in [2.45, 2.75) is 31.6 Å².